The molecule has 3 heterocycles. The van der Waals surface area contributed by atoms with Crippen molar-refractivity contribution < 1.29 is 14.8 Å². The highest BCUT2D eigenvalue weighted by Crippen LogP contribution is 2.34. The van der Waals surface area contributed by atoms with Gasteiger partial charge in [-0.25, -0.2) is 0 Å². The maximum Gasteiger partial charge on any atom is 0.475 e. The van der Waals surface area contributed by atoms with Crippen LogP contribution in [0.25, 0.3) is 10.9 Å². The van der Waals surface area contributed by atoms with Crippen molar-refractivity contribution in [3.8, 4) is 0 Å². The fourth-order valence-electron chi connectivity index (χ4n) is 3.69. The molecule has 4 rings (SSSR count). The molecule has 114 valence electrons. The van der Waals surface area contributed by atoms with Crippen molar-refractivity contribution in [3.63, 3.8) is 0 Å². The second-order valence-electron chi connectivity index (χ2n) is 6.08. The van der Waals surface area contributed by atoms with Crippen molar-refractivity contribution in [1.82, 2.24) is 9.88 Å². The second-order valence-corrected chi connectivity index (χ2v) is 6.08. The molecule has 0 spiro atoms. The first-order valence-electron chi connectivity index (χ1n) is 7.68. The summed E-state index contributed by atoms with van der Waals surface area (Å²) in [4.78, 5) is 17.6. The average Bonchev–Trinajstić information content (AvgIpc) is 3.20. The number of aromatic amines is 1. The van der Waals surface area contributed by atoms with Crippen molar-refractivity contribution in [1.29, 1.82) is 0 Å². The highest BCUT2D eigenvalue weighted by atomic mass is 16.4. The van der Waals surface area contributed by atoms with Gasteiger partial charge in [-0.1, -0.05) is 18.2 Å². The van der Waals surface area contributed by atoms with Gasteiger partial charge < -0.3 is 25.2 Å². The zero-order valence-corrected chi connectivity index (χ0v) is 12.1. The summed E-state index contributed by atoms with van der Waals surface area (Å²) in [6, 6.07) is 7.71. The van der Waals surface area contributed by atoms with E-state index in [9.17, 15) is 14.8 Å². The number of likely N-dealkylation sites (tertiary alicyclic amines) is 1. The Morgan fingerprint density at radius 1 is 1.32 bits per heavy atom. The number of hydrogen-bond donors (Lipinski definition) is 4. The summed E-state index contributed by atoms with van der Waals surface area (Å²) < 4.78 is 0. The van der Waals surface area contributed by atoms with Crippen LogP contribution in [-0.4, -0.2) is 51.5 Å². The quantitative estimate of drug-likeness (QED) is 0.608. The molecule has 2 aromatic rings. The zero-order valence-electron chi connectivity index (χ0n) is 12.1. The van der Waals surface area contributed by atoms with Crippen LogP contribution in [0.15, 0.2) is 24.3 Å². The van der Waals surface area contributed by atoms with Gasteiger partial charge in [0.2, 0.25) is 5.91 Å². The summed E-state index contributed by atoms with van der Waals surface area (Å²) in [6.07, 6.45) is 2.09. The number of aromatic nitrogens is 1. The third-order valence-corrected chi connectivity index (χ3v) is 4.77. The number of carbonyl (C=O) groups is 1. The normalized spacial score (nSPS) is 23.6. The van der Waals surface area contributed by atoms with E-state index in [0.29, 0.717) is 19.4 Å². The SMILES string of the molecule is O=C([C@@H]1Cc2c([nH]c3ccccc23)N1)N1CCC[C@H]1B(O)O. The molecule has 2 aliphatic heterocycles. The lowest BCUT2D eigenvalue weighted by molar-refractivity contribution is -0.131. The first-order chi connectivity index (χ1) is 10.6. The Morgan fingerprint density at radius 3 is 2.95 bits per heavy atom. The molecule has 7 heteroatoms. The number of para-hydroxylation sites is 1. The van der Waals surface area contributed by atoms with E-state index in [2.05, 4.69) is 16.4 Å². The lowest BCUT2D eigenvalue weighted by atomic mass is 9.77. The van der Waals surface area contributed by atoms with Crippen molar-refractivity contribution in [2.45, 2.75) is 31.2 Å². The highest BCUT2D eigenvalue weighted by molar-refractivity contribution is 6.43. The van der Waals surface area contributed by atoms with E-state index < -0.39 is 13.1 Å². The van der Waals surface area contributed by atoms with Gasteiger partial charge in [0, 0.05) is 29.4 Å². The summed E-state index contributed by atoms with van der Waals surface area (Å²) in [7, 11) is -1.47. The third-order valence-electron chi connectivity index (χ3n) is 4.77. The molecule has 0 aliphatic carbocycles. The predicted molar refractivity (Wildman–Crippen MR) is 84.3 cm³/mol. The monoisotopic (exact) mass is 299 g/mol. The van der Waals surface area contributed by atoms with Crippen molar-refractivity contribution >= 4 is 29.7 Å². The van der Waals surface area contributed by atoms with Crippen LogP contribution in [0.5, 0.6) is 0 Å². The number of H-pyrrole nitrogens is 1. The standard InChI is InChI=1S/C15H18BN3O3/c20-15(19-7-3-6-13(19)16(21)22)12-8-10-9-4-1-2-5-11(9)17-14(10)18-12/h1-2,4-5,12-13,17-18,21-22H,3,6-8H2/t12-,13-/m0/s1. The minimum Gasteiger partial charge on any atom is -0.426 e. The summed E-state index contributed by atoms with van der Waals surface area (Å²) in [5.41, 5.74) is 2.20. The van der Waals surface area contributed by atoms with Gasteiger partial charge >= 0.3 is 7.12 Å². The molecule has 6 nitrogen and oxygen atoms in total. The lowest BCUT2D eigenvalue weighted by Gasteiger charge is -2.27. The number of nitrogens with one attached hydrogen (secondary N) is 2. The molecule has 0 radical (unpaired) electrons. The van der Waals surface area contributed by atoms with Gasteiger partial charge in [-0.15, -0.1) is 0 Å². The number of nitrogens with zero attached hydrogens (tertiary/aromatic N) is 1. The molecule has 2 atom stereocenters. The summed E-state index contributed by atoms with van der Waals surface area (Å²) >= 11 is 0. The number of benzene rings is 1. The van der Waals surface area contributed by atoms with Crippen molar-refractivity contribution in [3.05, 3.63) is 29.8 Å². The Balaban J connectivity index is 1.57. The number of amides is 1. The molecule has 4 N–H and O–H groups in total. The fourth-order valence-corrected chi connectivity index (χ4v) is 3.69. The Morgan fingerprint density at radius 2 is 2.14 bits per heavy atom. The van der Waals surface area contributed by atoms with E-state index in [1.807, 2.05) is 18.2 Å². The van der Waals surface area contributed by atoms with Crippen molar-refractivity contribution in [2.75, 3.05) is 11.9 Å². The van der Waals surface area contributed by atoms with Gasteiger partial charge in [-0.3, -0.25) is 4.79 Å². The number of carbonyl (C=O) groups excluding carboxylic acids is 1. The lowest BCUT2D eigenvalue weighted by Crippen LogP contribution is -2.50. The molecule has 1 fully saturated rings. The minimum atomic E-state index is -1.47. The number of fused-ring (bicyclic) bond motifs is 3. The van der Waals surface area contributed by atoms with Gasteiger partial charge in [0.25, 0.3) is 0 Å². The smallest absolute Gasteiger partial charge is 0.426 e. The van der Waals surface area contributed by atoms with Crippen molar-refractivity contribution in [2.24, 2.45) is 0 Å². The average molecular weight is 299 g/mol. The van der Waals surface area contributed by atoms with Crippen LogP contribution < -0.4 is 5.32 Å². The van der Waals surface area contributed by atoms with Gasteiger partial charge in [0.05, 0.1) is 5.94 Å². The molecule has 2 aliphatic rings. The van der Waals surface area contributed by atoms with E-state index in [1.54, 1.807) is 4.90 Å². The first-order valence-corrected chi connectivity index (χ1v) is 7.68. The molecule has 1 amide bonds. The third kappa shape index (κ3) is 2.00. The van der Waals surface area contributed by atoms with Crippen LogP contribution in [0.2, 0.25) is 0 Å². The molecule has 0 bridgehead atoms. The largest absolute Gasteiger partial charge is 0.475 e. The Bertz CT molecular complexity index is 730. The minimum absolute atomic E-state index is 0.0516. The maximum atomic E-state index is 12.7. The molecule has 1 aromatic carbocycles. The topological polar surface area (TPSA) is 88.6 Å². The van der Waals surface area contributed by atoms with Crippen LogP contribution in [0.4, 0.5) is 5.82 Å². The van der Waals surface area contributed by atoms with Crippen LogP contribution in [-0.2, 0) is 11.2 Å². The second kappa shape index (κ2) is 5.03. The Labute approximate surface area is 128 Å². The van der Waals surface area contributed by atoms with Crippen LogP contribution >= 0.6 is 0 Å². The van der Waals surface area contributed by atoms with Crippen LogP contribution in [0.1, 0.15) is 18.4 Å². The predicted octanol–water partition coefficient (Wildman–Crippen LogP) is 0.507. The highest BCUT2D eigenvalue weighted by Gasteiger charge is 2.41. The van der Waals surface area contributed by atoms with E-state index in [4.69, 9.17) is 0 Å². The van der Waals surface area contributed by atoms with E-state index in [1.165, 1.54) is 0 Å². The first kappa shape index (κ1) is 13.7. The number of anilines is 1. The van der Waals surface area contributed by atoms with Gasteiger partial charge in [-0.2, -0.15) is 0 Å². The maximum absolute atomic E-state index is 12.7. The number of hydrogen-bond acceptors (Lipinski definition) is 4. The van der Waals surface area contributed by atoms with Gasteiger partial charge in [0.1, 0.15) is 11.9 Å². The summed E-state index contributed by atoms with van der Waals surface area (Å²) in [6.45, 7) is 0.591. The molecule has 1 saturated heterocycles. The van der Waals surface area contributed by atoms with Gasteiger partial charge in [0.15, 0.2) is 0 Å². The Hall–Kier alpha value is -1.99. The zero-order chi connectivity index (χ0) is 15.3. The summed E-state index contributed by atoms with van der Waals surface area (Å²) in [5, 5.41) is 23.2. The Kier molecular flexibility index (Phi) is 3.13. The van der Waals surface area contributed by atoms with Crippen LogP contribution in [0.3, 0.4) is 0 Å². The molecule has 22 heavy (non-hydrogen) atoms. The fraction of sp³-hybridized carbons (Fsp3) is 0.400. The van der Waals surface area contributed by atoms with E-state index in [0.717, 1.165) is 28.7 Å². The van der Waals surface area contributed by atoms with Crippen LogP contribution in [0, 0.1) is 0 Å². The molecule has 0 saturated carbocycles. The molecule has 1 aromatic heterocycles. The number of rotatable bonds is 2. The van der Waals surface area contributed by atoms with Gasteiger partial charge in [-0.05, 0) is 18.9 Å². The van der Waals surface area contributed by atoms with E-state index in [-0.39, 0.29) is 11.9 Å². The summed E-state index contributed by atoms with van der Waals surface area (Å²) in [5.74, 6) is 0.370. The van der Waals surface area contributed by atoms with E-state index >= 15 is 0 Å². The molecule has 0 unspecified atom stereocenters. The molecular formula is C15H18BN3O3. The molecular weight excluding hydrogens is 281 g/mol.